The number of anilines is 1. The van der Waals surface area contributed by atoms with Gasteiger partial charge < -0.3 is 19.5 Å². The van der Waals surface area contributed by atoms with Gasteiger partial charge in [0.05, 0.1) is 23.9 Å². The van der Waals surface area contributed by atoms with Crippen LogP contribution in [0, 0.1) is 23.0 Å². The number of carbonyl (C=O) groups excluding carboxylic acids is 1. The molecule has 1 aliphatic rings. The average molecular weight is 608 g/mol. The van der Waals surface area contributed by atoms with Gasteiger partial charge in [-0.25, -0.2) is 18.2 Å². The summed E-state index contributed by atoms with van der Waals surface area (Å²) >= 11 is 0. The third kappa shape index (κ3) is 5.51. The molecule has 2 aromatic carbocycles. The molecule has 4 aromatic rings. The molecule has 44 heavy (non-hydrogen) atoms. The van der Waals surface area contributed by atoms with Crippen LogP contribution in [0.5, 0.6) is 11.5 Å². The first-order chi connectivity index (χ1) is 21.0. The monoisotopic (exact) mass is 607 g/mol. The number of rotatable bonds is 10. The lowest BCUT2D eigenvalue weighted by Crippen LogP contribution is -2.25. The fraction of sp³-hybridized carbons (Fsp3) is 0.290. The topological polar surface area (TPSA) is 120 Å². The summed E-state index contributed by atoms with van der Waals surface area (Å²) in [6.07, 6.45) is -0.211. The minimum Gasteiger partial charge on any atom is -0.497 e. The number of hydrogen-bond donors (Lipinski definition) is 1. The predicted octanol–water partition coefficient (Wildman–Crippen LogP) is 5.37. The molecule has 1 amide bonds. The number of halogens is 3. The Labute approximate surface area is 250 Å². The highest BCUT2D eigenvalue weighted by atomic mass is 19.1. The van der Waals surface area contributed by atoms with Crippen molar-refractivity contribution in [2.45, 2.75) is 38.6 Å². The van der Waals surface area contributed by atoms with Gasteiger partial charge in [0.15, 0.2) is 5.82 Å². The Hall–Kier alpha value is -5.09. The Morgan fingerprint density at radius 3 is 2.34 bits per heavy atom. The largest absolute Gasteiger partial charge is 0.497 e. The molecule has 1 atom stereocenters. The van der Waals surface area contributed by atoms with Crippen molar-refractivity contribution >= 4 is 11.6 Å². The van der Waals surface area contributed by atoms with Crippen molar-refractivity contribution in [3.63, 3.8) is 0 Å². The highest BCUT2D eigenvalue weighted by Crippen LogP contribution is 2.48. The smallest absolute Gasteiger partial charge is 0.297 e. The van der Waals surface area contributed by atoms with Gasteiger partial charge >= 0.3 is 0 Å². The van der Waals surface area contributed by atoms with E-state index < -0.39 is 46.3 Å². The summed E-state index contributed by atoms with van der Waals surface area (Å²) in [6.45, 7) is 3.45. The van der Waals surface area contributed by atoms with Crippen LogP contribution in [-0.4, -0.2) is 40.3 Å². The molecule has 10 nitrogen and oxygen atoms in total. The maximum absolute atomic E-state index is 15.5. The van der Waals surface area contributed by atoms with E-state index in [1.54, 1.807) is 6.07 Å². The molecule has 0 bridgehead atoms. The molecule has 228 valence electrons. The van der Waals surface area contributed by atoms with Crippen LogP contribution < -0.4 is 20.3 Å². The highest BCUT2D eigenvalue weighted by molar-refractivity contribution is 6.06. The zero-order valence-electron chi connectivity index (χ0n) is 24.3. The summed E-state index contributed by atoms with van der Waals surface area (Å²) in [5.74, 6) is -2.98. The number of benzene rings is 2. The molecule has 1 N–H and O–H groups in total. The van der Waals surface area contributed by atoms with E-state index in [1.165, 1.54) is 51.4 Å². The molecule has 0 aliphatic heterocycles. The summed E-state index contributed by atoms with van der Waals surface area (Å²) < 4.78 is 62.1. The van der Waals surface area contributed by atoms with Gasteiger partial charge in [0.2, 0.25) is 6.36 Å². The van der Waals surface area contributed by atoms with Crippen LogP contribution in [0.2, 0.25) is 0 Å². The predicted molar refractivity (Wildman–Crippen MR) is 154 cm³/mol. The Bertz CT molecular complexity index is 1820. The number of ether oxygens (including phenoxy) is 3. The Morgan fingerprint density at radius 2 is 1.80 bits per heavy atom. The van der Waals surface area contributed by atoms with Gasteiger partial charge in [0.1, 0.15) is 46.2 Å². The average Bonchev–Trinajstić information content (AvgIpc) is 3.74. The first-order valence-electron chi connectivity index (χ1n) is 13.7. The minimum atomic E-state index is -1.58. The van der Waals surface area contributed by atoms with Gasteiger partial charge in [0, 0.05) is 38.3 Å². The lowest BCUT2D eigenvalue weighted by Gasteiger charge is -2.17. The van der Waals surface area contributed by atoms with Crippen LogP contribution in [0.4, 0.5) is 18.9 Å². The minimum absolute atomic E-state index is 0.00142. The quantitative estimate of drug-likeness (QED) is 0.257. The molecule has 5 rings (SSSR count). The number of pyridine rings is 1. The lowest BCUT2D eigenvalue weighted by atomic mass is 10.1. The number of aromatic nitrogens is 3. The number of nitrogens with one attached hydrogen (secondary N) is 1. The van der Waals surface area contributed by atoms with Crippen molar-refractivity contribution in [3.05, 3.63) is 87.3 Å². The Balaban J connectivity index is 1.70. The van der Waals surface area contributed by atoms with Crippen molar-refractivity contribution in [1.82, 2.24) is 14.3 Å². The lowest BCUT2D eigenvalue weighted by molar-refractivity contribution is 0.0363. The van der Waals surface area contributed by atoms with E-state index in [-0.39, 0.29) is 34.1 Å². The van der Waals surface area contributed by atoms with E-state index in [4.69, 9.17) is 14.2 Å². The van der Waals surface area contributed by atoms with Gasteiger partial charge in [0.25, 0.3) is 11.5 Å². The van der Waals surface area contributed by atoms with E-state index in [9.17, 15) is 19.2 Å². The molecular formula is C31H28F3N5O5. The summed E-state index contributed by atoms with van der Waals surface area (Å²) in [6, 6.07) is 12.4. The third-order valence-corrected chi connectivity index (χ3v) is 7.20. The van der Waals surface area contributed by atoms with E-state index in [1.807, 2.05) is 13.0 Å². The summed E-state index contributed by atoms with van der Waals surface area (Å²) in [5.41, 5.74) is -2.46. The normalized spacial score (nSPS) is 14.0. The van der Waals surface area contributed by atoms with Crippen molar-refractivity contribution < 1.29 is 32.2 Å². The van der Waals surface area contributed by atoms with Gasteiger partial charge in [-0.3, -0.25) is 14.3 Å². The molecule has 1 unspecified atom stereocenters. The SMILES string of the molecule is CCOC1(c2ccc(C#N)c(-n3c(=O)c(NC(=O)c4ccc(OC(C)F)cc4)c(-c4c(F)cc(OC)cc4F)n3C)n2)CC1. The maximum Gasteiger partial charge on any atom is 0.297 e. The van der Waals surface area contributed by atoms with E-state index in [2.05, 4.69) is 10.3 Å². The van der Waals surface area contributed by atoms with Crippen molar-refractivity contribution in [2.75, 3.05) is 19.0 Å². The fourth-order valence-electron chi connectivity index (χ4n) is 5.01. The second kappa shape index (κ2) is 11.9. The first-order valence-corrected chi connectivity index (χ1v) is 13.7. The Kier molecular flexibility index (Phi) is 8.21. The molecule has 2 heterocycles. The number of alkyl halides is 1. The van der Waals surface area contributed by atoms with Crippen molar-refractivity contribution in [1.29, 1.82) is 5.26 Å². The van der Waals surface area contributed by atoms with Crippen LogP contribution >= 0.6 is 0 Å². The zero-order chi connectivity index (χ0) is 31.8. The van der Waals surface area contributed by atoms with Crippen molar-refractivity contribution in [3.8, 4) is 34.6 Å². The number of carbonyl (C=O) groups is 1. The van der Waals surface area contributed by atoms with Crippen LogP contribution in [0.1, 0.15) is 48.3 Å². The standard InChI is InChI=1S/C31H28F3N5O5/c1-5-43-31(12-13-31)24-11-8-19(16-35)28(36-24)39-30(41)26(37-29(40)18-6-9-20(10-7-18)44-17(2)32)27(38(39)3)25-22(33)14-21(42-4)15-23(25)34/h6-11,14-15,17H,5,12-13H2,1-4H3,(H,37,40). The molecule has 2 aromatic heterocycles. The fourth-order valence-corrected chi connectivity index (χ4v) is 5.01. The molecule has 1 saturated carbocycles. The summed E-state index contributed by atoms with van der Waals surface area (Å²) in [4.78, 5) is 32.0. The molecule has 0 saturated heterocycles. The van der Waals surface area contributed by atoms with Crippen LogP contribution in [0.3, 0.4) is 0 Å². The molecule has 0 spiro atoms. The van der Waals surface area contributed by atoms with Gasteiger partial charge in [-0.15, -0.1) is 0 Å². The number of methoxy groups -OCH3 is 1. The van der Waals surface area contributed by atoms with Crippen LogP contribution in [0.15, 0.2) is 53.3 Å². The third-order valence-electron chi connectivity index (χ3n) is 7.20. The molecule has 0 radical (unpaired) electrons. The Morgan fingerprint density at radius 1 is 1.14 bits per heavy atom. The molecule has 1 fully saturated rings. The summed E-state index contributed by atoms with van der Waals surface area (Å²) in [7, 11) is 2.60. The molecular weight excluding hydrogens is 579 g/mol. The maximum atomic E-state index is 15.5. The van der Waals surface area contributed by atoms with Crippen LogP contribution in [0.25, 0.3) is 17.1 Å². The zero-order valence-corrected chi connectivity index (χ0v) is 24.3. The van der Waals surface area contributed by atoms with E-state index in [0.29, 0.717) is 25.1 Å². The number of nitriles is 1. The number of amides is 1. The number of nitrogens with zero attached hydrogens (tertiary/aromatic N) is 4. The second-order valence-corrected chi connectivity index (χ2v) is 10.1. The molecule has 1 aliphatic carbocycles. The van der Waals surface area contributed by atoms with Crippen LogP contribution in [-0.2, 0) is 17.4 Å². The van der Waals surface area contributed by atoms with E-state index >= 15 is 8.78 Å². The first kappa shape index (κ1) is 30.4. The van der Waals surface area contributed by atoms with Gasteiger partial charge in [-0.05, 0) is 56.2 Å². The number of hydrogen-bond acceptors (Lipinski definition) is 7. The van der Waals surface area contributed by atoms with Crippen molar-refractivity contribution in [2.24, 2.45) is 7.05 Å². The highest BCUT2D eigenvalue weighted by Gasteiger charge is 2.47. The summed E-state index contributed by atoms with van der Waals surface area (Å²) in [5, 5.41) is 12.4. The van der Waals surface area contributed by atoms with Gasteiger partial charge in [-0.1, -0.05) is 0 Å². The van der Waals surface area contributed by atoms with Gasteiger partial charge in [-0.2, -0.15) is 9.94 Å². The van der Waals surface area contributed by atoms with E-state index in [0.717, 1.165) is 21.5 Å². The molecule has 13 heteroatoms. The second-order valence-electron chi connectivity index (χ2n) is 10.1.